The highest BCUT2D eigenvalue weighted by atomic mass is 35.5. The van der Waals surface area contributed by atoms with E-state index in [1.54, 1.807) is 7.11 Å². The lowest BCUT2D eigenvalue weighted by Crippen LogP contribution is -2.30. The molecule has 0 aliphatic carbocycles. The molecule has 0 fully saturated rings. The molecule has 0 radical (unpaired) electrons. The van der Waals surface area contributed by atoms with Crippen molar-refractivity contribution >= 4 is 22.5 Å². The molecule has 2 aromatic carbocycles. The highest BCUT2D eigenvalue weighted by Gasteiger charge is 2.25. The van der Waals surface area contributed by atoms with Crippen LogP contribution in [-0.4, -0.2) is 18.6 Å². The summed E-state index contributed by atoms with van der Waals surface area (Å²) in [5.41, 5.74) is 5.00. The van der Waals surface area contributed by atoms with Gasteiger partial charge >= 0.3 is 0 Å². The van der Waals surface area contributed by atoms with Crippen LogP contribution in [0.5, 0.6) is 5.75 Å². The topological polar surface area (TPSA) is 37.0 Å². The van der Waals surface area contributed by atoms with Gasteiger partial charge in [-0.15, -0.1) is 0 Å². The summed E-state index contributed by atoms with van der Waals surface area (Å²) >= 11 is 6.16. The Kier molecular flexibility index (Phi) is 3.32. The number of hydrogen-bond donors (Lipinski definition) is 2. The Hall–Kier alpha value is -1.97. The number of aromatic nitrogens is 1. The molecule has 3 aromatic rings. The number of methoxy groups -OCH3 is 1. The lowest BCUT2D eigenvalue weighted by Gasteiger charge is -2.25. The lowest BCUT2D eigenvalue weighted by molar-refractivity contribution is 0.414. The summed E-state index contributed by atoms with van der Waals surface area (Å²) in [7, 11) is 1.69. The maximum atomic E-state index is 6.16. The first-order valence-electron chi connectivity index (χ1n) is 7.43. The van der Waals surface area contributed by atoms with Crippen molar-refractivity contribution in [2.75, 3.05) is 13.7 Å². The molecule has 0 spiro atoms. The third-order valence-electron chi connectivity index (χ3n) is 4.36. The van der Waals surface area contributed by atoms with Crippen LogP contribution >= 0.6 is 11.6 Å². The third kappa shape index (κ3) is 2.18. The molecule has 4 rings (SSSR count). The number of ether oxygens (including phenoxy) is 1. The molecule has 1 aliphatic rings. The van der Waals surface area contributed by atoms with Crippen LogP contribution in [0.15, 0.2) is 42.5 Å². The molecule has 0 bridgehead atoms. The third-order valence-corrected chi connectivity index (χ3v) is 4.60. The van der Waals surface area contributed by atoms with Gasteiger partial charge in [0.15, 0.2) is 0 Å². The van der Waals surface area contributed by atoms with Crippen molar-refractivity contribution in [2.24, 2.45) is 0 Å². The zero-order valence-corrected chi connectivity index (χ0v) is 13.1. The standard InChI is InChI=1S/C18H17ClN2O/c1-22-13-5-2-11(3-6-13)17-18-14(8-9-20-17)15-10-12(19)4-7-16(15)21-18/h2-7,10,17,20-21H,8-9H2,1H3/t17-/m1/s1. The molecule has 4 heteroatoms. The monoisotopic (exact) mass is 312 g/mol. The van der Waals surface area contributed by atoms with E-state index in [9.17, 15) is 0 Å². The summed E-state index contributed by atoms with van der Waals surface area (Å²) in [5.74, 6) is 0.878. The summed E-state index contributed by atoms with van der Waals surface area (Å²) in [6.07, 6.45) is 1.02. The molecule has 3 nitrogen and oxygen atoms in total. The highest BCUT2D eigenvalue weighted by Crippen LogP contribution is 2.34. The van der Waals surface area contributed by atoms with E-state index in [0.29, 0.717) is 0 Å². The van der Waals surface area contributed by atoms with E-state index in [2.05, 4.69) is 34.6 Å². The van der Waals surface area contributed by atoms with Crippen molar-refractivity contribution in [3.63, 3.8) is 0 Å². The van der Waals surface area contributed by atoms with Gasteiger partial charge in [-0.05, 0) is 47.9 Å². The smallest absolute Gasteiger partial charge is 0.118 e. The summed E-state index contributed by atoms with van der Waals surface area (Å²) < 4.78 is 5.24. The summed E-state index contributed by atoms with van der Waals surface area (Å²) in [6.45, 7) is 0.961. The van der Waals surface area contributed by atoms with Gasteiger partial charge < -0.3 is 15.0 Å². The zero-order chi connectivity index (χ0) is 15.1. The predicted octanol–water partition coefficient (Wildman–Crippen LogP) is 4.07. The number of benzene rings is 2. The molecule has 0 unspecified atom stereocenters. The summed E-state index contributed by atoms with van der Waals surface area (Å²) in [5, 5.41) is 5.62. The first kappa shape index (κ1) is 13.7. The number of fused-ring (bicyclic) bond motifs is 3. The first-order chi connectivity index (χ1) is 10.8. The average molecular weight is 313 g/mol. The fraction of sp³-hybridized carbons (Fsp3) is 0.222. The number of hydrogen-bond acceptors (Lipinski definition) is 2. The van der Waals surface area contributed by atoms with E-state index in [0.717, 1.165) is 29.3 Å². The Morgan fingerprint density at radius 1 is 1.14 bits per heavy atom. The van der Waals surface area contributed by atoms with E-state index < -0.39 is 0 Å². The number of aromatic amines is 1. The highest BCUT2D eigenvalue weighted by molar-refractivity contribution is 6.31. The molecule has 1 aromatic heterocycles. The van der Waals surface area contributed by atoms with Crippen molar-refractivity contribution in [1.82, 2.24) is 10.3 Å². The summed E-state index contributed by atoms with van der Waals surface area (Å²) in [6, 6.07) is 14.5. The van der Waals surface area contributed by atoms with Gasteiger partial charge in [-0.3, -0.25) is 0 Å². The van der Waals surface area contributed by atoms with Gasteiger partial charge in [0, 0.05) is 28.2 Å². The molecular formula is C18H17ClN2O. The van der Waals surface area contributed by atoms with Gasteiger partial charge in [0.2, 0.25) is 0 Å². The lowest BCUT2D eigenvalue weighted by atomic mass is 9.94. The molecular weight excluding hydrogens is 296 g/mol. The second kappa shape index (κ2) is 5.34. The van der Waals surface area contributed by atoms with Crippen molar-refractivity contribution in [3.8, 4) is 5.75 Å². The molecule has 0 saturated heterocycles. The number of nitrogens with one attached hydrogen (secondary N) is 2. The number of H-pyrrole nitrogens is 1. The van der Waals surface area contributed by atoms with Gasteiger partial charge in [-0.2, -0.15) is 0 Å². The van der Waals surface area contributed by atoms with Crippen LogP contribution in [0.1, 0.15) is 22.9 Å². The van der Waals surface area contributed by atoms with E-state index in [1.165, 1.54) is 22.2 Å². The Labute approximate surface area is 134 Å². The number of rotatable bonds is 2. The average Bonchev–Trinajstić information content (AvgIpc) is 2.93. The molecule has 2 heterocycles. The van der Waals surface area contributed by atoms with E-state index in [-0.39, 0.29) is 6.04 Å². The van der Waals surface area contributed by atoms with Crippen LogP contribution in [0.3, 0.4) is 0 Å². The zero-order valence-electron chi connectivity index (χ0n) is 12.3. The quantitative estimate of drug-likeness (QED) is 0.748. The van der Waals surface area contributed by atoms with Gasteiger partial charge in [0.1, 0.15) is 5.75 Å². The fourth-order valence-electron chi connectivity index (χ4n) is 3.28. The minimum atomic E-state index is 0.181. The van der Waals surface area contributed by atoms with Crippen LogP contribution in [-0.2, 0) is 6.42 Å². The van der Waals surface area contributed by atoms with Gasteiger partial charge in [0.05, 0.1) is 13.2 Å². The molecule has 0 amide bonds. The fourth-order valence-corrected chi connectivity index (χ4v) is 3.45. The molecule has 22 heavy (non-hydrogen) atoms. The van der Waals surface area contributed by atoms with Crippen LogP contribution in [0, 0.1) is 0 Å². The Morgan fingerprint density at radius 3 is 2.73 bits per heavy atom. The largest absolute Gasteiger partial charge is 0.497 e. The van der Waals surface area contributed by atoms with E-state index in [1.807, 2.05) is 18.2 Å². The minimum Gasteiger partial charge on any atom is -0.497 e. The molecule has 2 N–H and O–H groups in total. The second-order valence-electron chi connectivity index (χ2n) is 5.62. The van der Waals surface area contributed by atoms with E-state index in [4.69, 9.17) is 16.3 Å². The van der Waals surface area contributed by atoms with Crippen molar-refractivity contribution in [3.05, 3.63) is 64.3 Å². The second-order valence-corrected chi connectivity index (χ2v) is 6.05. The van der Waals surface area contributed by atoms with Crippen molar-refractivity contribution in [1.29, 1.82) is 0 Å². The van der Waals surface area contributed by atoms with E-state index >= 15 is 0 Å². The van der Waals surface area contributed by atoms with Crippen LogP contribution in [0.4, 0.5) is 0 Å². The van der Waals surface area contributed by atoms with Crippen LogP contribution < -0.4 is 10.1 Å². The van der Waals surface area contributed by atoms with Gasteiger partial charge in [0.25, 0.3) is 0 Å². The van der Waals surface area contributed by atoms with Crippen molar-refractivity contribution < 1.29 is 4.74 Å². The molecule has 1 aliphatic heterocycles. The molecule has 112 valence electrons. The Balaban J connectivity index is 1.82. The van der Waals surface area contributed by atoms with Crippen LogP contribution in [0.25, 0.3) is 10.9 Å². The van der Waals surface area contributed by atoms with Crippen molar-refractivity contribution in [2.45, 2.75) is 12.5 Å². The Bertz CT molecular complexity index is 823. The van der Waals surface area contributed by atoms with Gasteiger partial charge in [-0.25, -0.2) is 0 Å². The normalized spacial score (nSPS) is 17.5. The SMILES string of the molecule is COc1ccc([C@H]2NCCc3c2[nH]c2ccc(Cl)cc32)cc1. The summed E-state index contributed by atoms with van der Waals surface area (Å²) in [4.78, 5) is 3.57. The first-order valence-corrected chi connectivity index (χ1v) is 7.81. The van der Waals surface area contributed by atoms with Gasteiger partial charge in [-0.1, -0.05) is 23.7 Å². The maximum absolute atomic E-state index is 6.16. The predicted molar refractivity (Wildman–Crippen MR) is 89.9 cm³/mol. The molecule has 1 atom stereocenters. The minimum absolute atomic E-state index is 0.181. The maximum Gasteiger partial charge on any atom is 0.118 e. The van der Waals surface area contributed by atoms with Crippen LogP contribution in [0.2, 0.25) is 5.02 Å². The number of halogens is 1. The Morgan fingerprint density at radius 2 is 1.95 bits per heavy atom. The molecule has 0 saturated carbocycles.